The second kappa shape index (κ2) is 7.65. The number of aromatic nitrogens is 2. The fourth-order valence-electron chi connectivity index (χ4n) is 2.33. The summed E-state index contributed by atoms with van der Waals surface area (Å²) in [4.78, 5) is 22.9. The Balaban J connectivity index is 1.74. The van der Waals surface area contributed by atoms with Crippen LogP contribution in [0.15, 0.2) is 66.4 Å². The summed E-state index contributed by atoms with van der Waals surface area (Å²) in [5, 5.41) is 2.88. The maximum atomic E-state index is 12.8. The van der Waals surface area contributed by atoms with Crippen molar-refractivity contribution in [2.75, 3.05) is 6.54 Å². The van der Waals surface area contributed by atoms with E-state index in [1.54, 1.807) is 42.1 Å². The van der Waals surface area contributed by atoms with Crippen LogP contribution in [-0.2, 0) is 13.0 Å². The maximum Gasteiger partial charge on any atom is 0.254 e. The topological polar surface area (TPSA) is 46.1 Å². The number of carbonyl (C=O) groups is 1. The van der Waals surface area contributed by atoms with Gasteiger partial charge >= 0.3 is 0 Å². The molecule has 5 heteroatoms. The van der Waals surface area contributed by atoms with Crippen LogP contribution in [0, 0.1) is 0 Å². The standard InChI is InChI=1S/C18H17N3OS/c22-18(16-6-9-19-10-7-16)21(14-17-20-11-13-23-17)12-8-15-4-2-1-3-5-15/h1-7,9-11,13H,8,12,14H2. The minimum atomic E-state index is 0.0125. The lowest BCUT2D eigenvalue weighted by atomic mass is 10.1. The average molecular weight is 323 g/mol. The summed E-state index contributed by atoms with van der Waals surface area (Å²) in [5.74, 6) is 0.0125. The van der Waals surface area contributed by atoms with E-state index in [1.807, 2.05) is 28.5 Å². The molecular formula is C18H17N3OS. The quantitative estimate of drug-likeness (QED) is 0.698. The Hall–Kier alpha value is -2.53. The van der Waals surface area contributed by atoms with E-state index in [4.69, 9.17) is 0 Å². The summed E-state index contributed by atoms with van der Waals surface area (Å²) in [6.45, 7) is 1.19. The summed E-state index contributed by atoms with van der Waals surface area (Å²) in [5.41, 5.74) is 1.88. The first kappa shape index (κ1) is 15.4. The van der Waals surface area contributed by atoms with Crippen molar-refractivity contribution >= 4 is 17.2 Å². The number of benzene rings is 1. The predicted octanol–water partition coefficient (Wildman–Crippen LogP) is 3.42. The molecule has 0 saturated carbocycles. The monoisotopic (exact) mass is 323 g/mol. The molecule has 116 valence electrons. The van der Waals surface area contributed by atoms with Crippen LogP contribution >= 0.6 is 11.3 Å². The molecule has 0 atom stereocenters. The SMILES string of the molecule is O=C(c1ccncc1)N(CCc1ccccc1)Cc1nccs1. The highest BCUT2D eigenvalue weighted by atomic mass is 32.1. The molecule has 23 heavy (non-hydrogen) atoms. The van der Waals surface area contributed by atoms with Gasteiger partial charge in [-0.25, -0.2) is 4.98 Å². The minimum Gasteiger partial charge on any atom is -0.332 e. The average Bonchev–Trinajstić information content (AvgIpc) is 3.13. The van der Waals surface area contributed by atoms with Crippen molar-refractivity contribution < 1.29 is 4.79 Å². The van der Waals surface area contributed by atoms with E-state index in [0.717, 1.165) is 11.4 Å². The molecule has 0 spiro atoms. The summed E-state index contributed by atoms with van der Waals surface area (Å²) >= 11 is 1.57. The first-order chi connectivity index (χ1) is 11.3. The first-order valence-corrected chi connectivity index (χ1v) is 8.32. The molecule has 2 aromatic heterocycles. The van der Waals surface area contributed by atoms with E-state index in [2.05, 4.69) is 22.1 Å². The van der Waals surface area contributed by atoms with Crippen molar-refractivity contribution in [3.8, 4) is 0 Å². The van der Waals surface area contributed by atoms with Crippen molar-refractivity contribution in [2.45, 2.75) is 13.0 Å². The third kappa shape index (κ3) is 4.23. The van der Waals surface area contributed by atoms with Crippen LogP contribution in [0.4, 0.5) is 0 Å². The Bertz CT molecular complexity index is 729. The number of thiazole rings is 1. The molecule has 0 aliphatic heterocycles. The molecule has 0 saturated heterocycles. The highest BCUT2D eigenvalue weighted by Crippen LogP contribution is 2.13. The molecule has 2 heterocycles. The first-order valence-electron chi connectivity index (χ1n) is 7.44. The molecule has 0 radical (unpaired) electrons. The minimum absolute atomic E-state index is 0.0125. The fraction of sp³-hybridized carbons (Fsp3) is 0.167. The molecule has 0 N–H and O–H groups in total. The smallest absolute Gasteiger partial charge is 0.254 e. The zero-order valence-corrected chi connectivity index (χ0v) is 13.4. The molecule has 0 aliphatic rings. The molecule has 0 unspecified atom stereocenters. The van der Waals surface area contributed by atoms with Gasteiger partial charge in [-0.05, 0) is 24.1 Å². The van der Waals surface area contributed by atoms with Gasteiger partial charge in [0.05, 0.1) is 6.54 Å². The number of pyridine rings is 1. The fourth-order valence-corrected chi connectivity index (χ4v) is 2.96. The van der Waals surface area contributed by atoms with Crippen LogP contribution in [0.2, 0.25) is 0 Å². The van der Waals surface area contributed by atoms with E-state index in [1.165, 1.54) is 5.56 Å². The molecule has 0 bridgehead atoms. The van der Waals surface area contributed by atoms with E-state index < -0.39 is 0 Å². The Labute approximate surface area is 139 Å². The second-order valence-corrected chi connectivity index (χ2v) is 6.10. The van der Waals surface area contributed by atoms with E-state index >= 15 is 0 Å². The largest absolute Gasteiger partial charge is 0.332 e. The van der Waals surface area contributed by atoms with Gasteiger partial charge in [-0.3, -0.25) is 9.78 Å². The third-order valence-corrected chi connectivity index (χ3v) is 4.30. The van der Waals surface area contributed by atoms with E-state index in [0.29, 0.717) is 18.7 Å². The molecule has 3 aromatic rings. The van der Waals surface area contributed by atoms with Crippen molar-refractivity contribution in [2.24, 2.45) is 0 Å². The second-order valence-electron chi connectivity index (χ2n) is 5.12. The number of rotatable bonds is 6. The van der Waals surface area contributed by atoms with E-state index in [9.17, 15) is 4.79 Å². The van der Waals surface area contributed by atoms with Gasteiger partial charge in [0.2, 0.25) is 0 Å². The third-order valence-electron chi connectivity index (χ3n) is 3.54. The van der Waals surface area contributed by atoms with Crippen molar-refractivity contribution in [3.63, 3.8) is 0 Å². The number of hydrogen-bond donors (Lipinski definition) is 0. The van der Waals surface area contributed by atoms with Gasteiger partial charge in [-0.15, -0.1) is 11.3 Å². The van der Waals surface area contributed by atoms with Crippen molar-refractivity contribution in [1.29, 1.82) is 0 Å². The summed E-state index contributed by atoms with van der Waals surface area (Å²) in [7, 11) is 0. The highest BCUT2D eigenvalue weighted by Gasteiger charge is 2.17. The molecule has 0 aliphatic carbocycles. The van der Waals surface area contributed by atoms with Gasteiger partial charge in [0, 0.05) is 36.1 Å². The van der Waals surface area contributed by atoms with Crippen LogP contribution in [-0.4, -0.2) is 27.3 Å². The van der Waals surface area contributed by atoms with E-state index in [-0.39, 0.29) is 5.91 Å². The van der Waals surface area contributed by atoms with Crippen LogP contribution in [0.1, 0.15) is 20.9 Å². The predicted molar refractivity (Wildman–Crippen MR) is 91.2 cm³/mol. The van der Waals surface area contributed by atoms with Crippen molar-refractivity contribution in [1.82, 2.24) is 14.9 Å². The number of amides is 1. The van der Waals surface area contributed by atoms with Crippen LogP contribution in [0.25, 0.3) is 0 Å². The van der Waals surface area contributed by atoms with Gasteiger partial charge in [-0.2, -0.15) is 0 Å². The zero-order chi connectivity index (χ0) is 15.9. The Morgan fingerprint density at radius 2 is 1.83 bits per heavy atom. The molecule has 4 nitrogen and oxygen atoms in total. The highest BCUT2D eigenvalue weighted by molar-refractivity contribution is 7.09. The molecule has 1 amide bonds. The van der Waals surface area contributed by atoms with Gasteiger partial charge < -0.3 is 4.90 Å². The van der Waals surface area contributed by atoms with Gasteiger partial charge in [0.1, 0.15) is 5.01 Å². The van der Waals surface area contributed by atoms with Crippen molar-refractivity contribution in [3.05, 3.63) is 82.6 Å². The Morgan fingerprint density at radius 1 is 1.04 bits per heavy atom. The lowest BCUT2D eigenvalue weighted by Gasteiger charge is -2.22. The zero-order valence-electron chi connectivity index (χ0n) is 12.6. The van der Waals surface area contributed by atoms with Crippen LogP contribution in [0.5, 0.6) is 0 Å². The maximum absolute atomic E-state index is 12.8. The number of nitrogens with zero attached hydrogens (tertiary/aromatic N) is 3. The molecule has 0 fully saturated rings. The van der Waals surface area contributed by atoms with Crippen LogP contribution in [0.3, 0.4) is 0 Å². The lowest BCUT2D eigenvalue weighted by Crippen LogP contribution is -2.32. The lowest BCUT2D eigenvalue weighted by molar-refractivity contribution is 0.0745. The normalized spacial score (nSPS) is 10.4. The summed E-state index contributed by atoms with van der Waals surface area (Å²) in [6, 6.07) is 13.7. The number of hydrogen-bond acceptors (Lipinski definition) is 4. The Morgan fingerprint density at radius 3 is 2.52 bits per heavy atom. The molecule has 3 rings (SSSR count). The Kier molecular flexibility index (Phi) is 5.11. The van der Waals surface area contributed by atoms with Gasteiger partial charge in [-0.1, -0.05) is 30.3 Å². The number of carbonyl (C=O) groups excluding carboxylic acids is 1. The summed E-state index contributed by atoms with van der Waals surface area (Å²) in [6.07, 6.45) is 5.88. The molecule has 1 aromatic carbocycles. The van der Waals surface area contributed by atoms with Gasteiger partial charge in [0.15, 0.2) is 0 Å². The molecular weight excluding hydrogens is 306 g/mol. The van der Waals surface area contributed by atoms with Crippen LogP contribution < -0.4 is 0 Å². The summed E-state index contributed by atoms with van der Waals surface area (Å²) < 4.78 is 0. The van der Waals surface area contributed by atoms with Gasteiger partial charge in [0.25, 0.3) is 5.91 Å².